The van der Waals surface area contributed by atoms with E-state index in [-0.39, 0.29) is 5.91 Å². The summed E-state index contributed by atoms with van der Waals surface area (Å²) in [6.07, 6.45) is 0.805. The number of benzene rings is 2. The summed E-state index contributed by atoms with van der Waals surface area (Å²) < 4.78 is 0. The minimum absolute atomic E-state index is 0.0810. The zero-order chi connectivity index (χ0) is 19.8. The number of carbonyl (C=O) groups is 1. The van der Waals surface area contributed by atoms with Crippen LogP contribution in [-0.2, 0) is 13.1 Å². The molecule has 1 aliphatic rings. The average Bonchev–Trinajstić information content (AvgIpc) is 2.73. The van der Waals surface area contributed by atoms with Gasteiger partial charge >= 0.3 is 0 Å². The molecule has 5 nitrogen and oxygen atoms in total. The first-order valence-electron chi connectivity index (χ1n) is 10.2. The highest BCUT2D eigenvalue weighted by molar-refractivity contribution is 5.94. The van der Waals surface area contributed by atoms with Gasteiger partial charge in [-0.05, 0) is 43.3 Å². The van der Waals surface area contributed by atoms with Gasteiger partial charge in [0, 0.05) is 51.4 Å². The van der Waals surface area contributed by atoms with Gasteiger partial charge in [-0.2, -0.15) is 0 Å². The molecule has 0 saturated carbocycles. The van der Waals surface area contributed by atoms with Gasteiger partial charge in [0.05, 0.1) is 0 Å². The van der Waals surface area contributed by atoms with Crippen LogP contribution in [0.1, 0.15) is 27.9 Å². The zero-order valence-corrected chi connectivity index (χ0v) is 16.9. The molecule has 0 unspecified atom stereocenters. The van der Waals surface area contributed by atoms with E-state index in [2.05, 4.69) is 41.1 Å². The molecule has 0 spiro atoms. The lowest BCUT2D eigenvalue weighted by Crippen LogP contribution is -2.43. The number of nitrogens with two attached hydrogens (primary N) is 1. The van der Waals surface area contributed by atoms with Crippen molar-refractivity contribution in [1.29, 1.82) is 0 Å². The third kappa shape index (κ3) is 5.89. The molecule has 1 amide bonds. The Morgan fingerprint density at radius 3 is 2.43 bits per heavy atom. The molecule has 28 heavy (non-hydrogen) atoms. The Hall–Kier alpha value is -2.21. The van der Waals surface area contributed by atoms with Crippen molar-refractivity contribution in [3.8, 4) is 0 Å². The highest BCUT2D eigenvalue weighted by atomic mass is 16.2. The standard InChI is InChI=1S/C23H32N4O/c1-25-13-15-26(16-14-25)18-21-9-5-10-22(17-21)23(28)27(12-6-11-24)19-20-7-3-2-4-8-20/h2-5,7-10,17H,6,11-16,18-19,24H2,1H3. The molecule has 3 rings (SSSR count). The fourth-order valence-corrected chi connectivity index (χ4v) is 3.59. The van der Waals surface area contributed by atoms with Crippen molar-refractivity contribution < 1.29 is 4.79 Å². The van der Waals surface area contributed by atoms with Gasteiger partial charge in [0.25, 0.3) is 5.91 Å². The molecule has 0 aromatic heterocycles. The minimum Gasteiger partial charge on any atom is -0.334 e. The quantitative estimate of drug-likeness (QED) is 0.764. The van der Waals surface area contributed by atoms with Crippen molar-refractivity contribution in [3.63, 3.8) is 0 Å². The molecular weight excluding hydrogens is 348 g/mol. The smallest absolute Gasteiger partial charge is 0.254 e. The van der Waals surface area contributed by atoms with E-state index in [4.69, 9.17) is 5.73 Å². The Morgan fingerprint density at radius 1 is 1.00 bits per heavy atom. The summed E-state index contributed by atoms with van der Waals surface area (Å²) in [6.45, 7) is 7.12. The number of amides is 1. The van der Waals surface area contributed by atoms with Crippen LogP contribution in [0.5, 0.6) is 0 Å². The molecule has 1 fully saturated rings. The first kappa shape index (κ1) is 20.5. The fraction of sp³-hybridized carbons (Fsp3) is 0.435. The van der Waals surface area contributed by atoms with Crippen LogP contribution >= 0.6 is 0 Å². The molecule has 0 radical (unpaired) electrons. The number of rotatable bonds is 8. The van der Waals surface area contributed by atoms with Crippen LogP contribution in [0.4, 0.5) is 0 Å². The van der Waals surface area contributed by atoms with E-state index in [1.165, 1.54) is 5.56 Å². The number of likely N-dealkylation sites (N-methyl/N-ethyl adjacent to an activating group) is 1. The third-order valence-corrected chi connectivity index (χ3v) is 5.31. The SMILES string of the molecule is CN1CCN(Cc2cccc(C(=O)N(CCCN)Cc3ccccc3)c2)CC1. The Kier molecular flexibility index (Phi) is 7.60. The van der Waals surface area contributed by atoms with Crippen molar-refractivity contribution in [2.24, 2.45) is 5.73 Å². The van der Waals surface area contributed by atoms with Crippen LogP contribution < -0.4 is 5.73 Å². The second-order valence-electron chi connectivity index (χ2n) is 7.63. The van der Waals surface area contributed by atoms with Gasteiger partial charge in [-0.1, -0.05) is 42.5 Å². The number of nitrogens with zero attached hydrogens (tertiary/aromatic N) is 3. The second-order valence-corrected chi connectivity index (χ2v) is 7.63. The van der Waals surface area contributed by atoms with E-state index in [1.807, 2.05) is 35.2 Å². The lowest BCUT2D eigenvalue weighted by Gasteiger charge is -2.32. The molecule has 1 saturated heterocycles. The molecular formula is C23H32N4O. The van der Waals surface area contributed by atoms with E-state index in [0.717, 1.165) is 50.3 Å². The van der Waals surface area contributed by atoms with Gasteiger partial charge in [-0.15, -0.1) is 0 Å². The highest BCUT2D eigenvalue weighted by Gasteiger charge is 2.18. The predicted molar refractivity (Wildman–Crippen MR) is 114 cm³/mol. The van der Waals surface area contributed by atoms with Gasteiger partial charge in [0.2, 0.25) is 0 Å². The second kappa shape index (κ2) is 10.4. The minimum atomic E-state index is 0.0810. The van der Waals surface area contributed by atoms with Crippen LogP contribution in [0.3, 0.4) is 0 Å². The third-order valence-electron chi connectivity index (χ3n) is 5.31. The van der Waals surface area contributed by atoms with E-state index in [0.29, 0.717) is 19.6 Å². The van der Waals surface area contributed by atoms with Crippen molar-refractivity contribution in [2.45, 2.75) is 19.5 Å². The summed E-state index contributed by atoms with van der Waals surface area (Å²) >= 11 is 0. The van der Waals surface area contributed by atoms with Gasteiger partial charge in [-0.3, -0.25) is 9.69 Å². The molecule has 1 aliphatic heterocycles. The molecule has 150 valence electrons. The number of hydrogen-bond donors (Lipinski definition) is 1. The predicted octanol–water partition coefficient (Wildman–Crippen LogP) is 2.43. The molecule has 2 N–H and O–H groups in total. The first-order chi connectivity index (χ1) is 13.7. The lowest BCUT2D eigenvalue weighted by atomic mass is 10.1. The van der Waals surface area contributed by atoms with E-state index in [1.54, 1.807) is 0 Å². The summed E-state index contributed by atoms with van der Waals surface area (Å²) in [7, 11) is 2.17. The largest absolute Gasteiger partial charge is 0.334 e. The van der Waals surface area contributed by atoms with E-state index < -0.39 is 0 Å². The molecule has 0 aliphatic carbocycles. The van der Waals surface area contributed by atoms with Crippen LogP contribution in [-0.4, -0.2) is 66.9 Å². The molecule has 5 heteroatoms. The monoisotopic (exact) mass is 380 g/mol. The Labute approximate surface area is 168 Å². The first-order valence-corrected chi connectivity index (χ1v) is 10.2. The van der Waals surface area contributed by atoms with E-state index in [9.17, 15) is 4.79 Å². The highest BCUT2D eigenvalue weighted by Crippen LogP contribution is 2.14. The van der Waals surface area contributed by atoms with Crippen LogP contribution in [0.25, 0.3) is 0 Å². The van der Waals surface area contributed by atoms with Crippen molar-refractivity contribution >= 4 is 5.91 Å². The van der Waals surface area contributed by atoms with E-state index >= 15 is 0 Å². The van der Waals surface area contributed by atoms with Crippen molar-refractivity contribution in [2.75, 3.05) is 46.3 Å². The van der Waals surface area contributed by atoms with Gasteiger partial charge in [0.15, 0.2) is 0 Å². The zero-order valence-electron chi connectivity index (χ0n) is 16.9. The normalized spacial score (nSPS) is 15.5. The van der Waals surface area contributed by atoms with Crippen molar-refractivity contribution in [3.05, 3.63) is 71.3 Å². The van der Waals surface area contributed by atoms with Gasteiger partial charge < -0.3 is 15.5 Å². The Bertz CT molecular complexity index is 741. The molecule has 2 aromatic rings. The number of carbonyl (C=O) groups excluding carboxylic acids is 1. The fourth-order valence-electron chi connectivity index (χ4n) is 3.59. The van der Waals surface area contributed by atoms with Gasteiger partial charge in [0.1, 0.15) is 0 Å². The Morgan fingerprint density at radius 2 is 1.71 bits per heavy atom. The molecule has 0 bridgehead atoms. The summed E-state index contributed by atoms with van der Waals surface area (Å²) in [6, 6.07) is 18.3. The number of piperazine rings is 1. The van der Waals surface area contributed by atoms with Crippen LogP contribution in [0, 0.1) is 0 Å². The molecule has 0 atom stereocenters. The average molecular weight is 381 g/mol. The summed E-state index contributed by atoms with van der Waals surface area (Å²) in [5, 5.41) is 0. The van der Waals surface area contributed by atoms with Crippen molar-refractivity contribution in [1.82, 2.24) is 14.7 Å². The maximum absolute atomic E-state index is 13.2. The van der Waals surface area contributed by atoms with Crippen LogP contribution in [0.2, 0.25) is 0 Å². The summed E-state index contributed by atoms with van der Waals surface area (Å²) in [5.74, 6) is 0.0810. The van der Waals surface area contributed by atoms with Crippen LogP contribution in [0.15, 0.2) is 54.6 Å². The molecule has 1 heterocycles. The number of hydrogen-bond acceptors (Lipinski definition) is 4. The molecule has 2 aromatic carbocycles. The van der Waals surface area contributed by atoms with Gasteiger partial charge in [-0.25, -0.2) is 0 Å². The Balaban J connectivity index is 1.69. The summed E-state index contributed by atoms with van der Waals surface area (Å²) in [4.78, 5) is 19.9. The summed E-state index contributed by atoms with van der Waals surface area (Å²) in [5.41, 5.74) is 8.81. The topological polar surface area (TPSA) is 52.8 Å². The maximum Gasteiger partial charge on any atom is 0.254 e. The lowest BCUT2D eigenvalue weighted by molar-refractivity contribution is 0.0742. The maximum atomic E-state index is 13.2.